The summed E-state index contributed by atoms with van der Waals surface area (Å²) in [6, 6.07) is 10.1. The third-order valence-electron chi connectivity index (χ3n) is 3.26. The fourth-order valence-corrected chi connectivity index (χ4v) is 2.54. The molecule has 1 aromatic heterocycles. The van der Waals surface area contributed by atoms with Crippen molar-refractivity contribution in [3.8, 4) is 0 Å². The quantitative estimate of drug-likeness (QED) is 0.826. The van der Waals surface area contributed by atoms with Crippen molar-refractivity contribution in [2.45, 2.75) is 26.7 Å². The first-order valence-corrected chi connectivity index (χ1v) is 7.52. The van der Waals surface area contributed by atoms with Gasteiger partial charge in [-0.1, -0.05) is 44.3 Å². The minimum Gasteiger partial charge on any atom is -0.389 e. The SMILES string of the molecule is CCCN(CCC)c1nc2ccccc2cc1C(N)=S. The lowest BCUT2D eigenvalue weighted by Crippen LogP contribution is -2.29. The van der Waals surface area contributed by atoms with E-state index in [1.165, 1.54) is 0 Å². The molecule has 0 amide bonds. The van der Waals surface area contributed by atoms with E-state index in [0.29, 0.717) is 4.99 Å². The Kier molecular flexibility index (Phi) is 4.90. The van der Waals surface area contributed by atoms with E-state index in [4.69, 9.17) is 22.9 Å². The summed E-state index contributed by atoms with van der Waals surface area (Å²) in [7, 11) is 0. The van der Waals surface area contributed by atoms with Crippen LogP contribution in [0, 0.1) is 0 Å². The number of rotatable bonds is 6. The van der Waals surface area contributed by atoms with E-state index in [9.17, 15) is 0 Å². The monoisotopic (exact) mass is 287 g/mol. The van der Waals surface area contributed by atoms with Crippen LogP contribution in [0.25, 0.3) is 10.9 Å². The van der Waals surface area contributed by atoms with Gasteiger partial charge in [-0.3, -0.25) is 0 Å². The summed E-state index contributed by atoms with van der Waals surface area (Å²) in [6.45, 7) is 6.28. The molecule has 0 saturated carbocycles. The van der Waals surface area contributed by atoms with Crippen molar-refractivity contribution in [1.29, 1.82) is 0 Å². The highest BCUT2D eigenvalue weighted by molar-refractivity contribution is 7.80. The van der Waals surface area contributed by atoms with Gasteiger partial charge in [0.15, 0.2) is 0 Å². The Morgan fingerprint density at radius 3 is 2.45 bits per heavy atom. The Morgan fingerprint density at radius 2 is 1.85 bits per heavy atom. The lowest BCUT2D eigenvalue weighted by atomic mass is 10.1. The zero-order valence-corrected chi connectivity index (χ0v) is 12.9. The molecular weight excluding hydrogens is 266 g/mol. The Balaban J connectivity index is 2.58. The second-order valence-corrected chi connectivity index (χ2v) is 5.34. The molecule has 0 atom stereocenters. The third kappa shape index (κ3) is 3.07. The molecular formula is C16H21N3S. The zero-order valence-electron chi connectivity index (χ0n) is 12.1. The summed E-state index contributed by atoms with van der Waals surface area (Å²) in [5.41, 5.74) is 7.76. The number of pyridine rings is 1. The molecule has 1 aromatic carbocycles. The number of thiocarbonyl (C=S) groups is 1. The average Bonchev–Trinajstić information content (AvgIpc) is 2.45. The lowest BCUT2D eigenvalue weighted by molar-refractivity contribution is 0.735. The van der Waals surface area contributed by atoms with Gasteiger partial charge in [-0.05, 0) is 25.0 Å². The molecule has 0 saturated heterocycles. The molecule has 1 heterocycles. The topological polar surface area (TPSA) is 42.2 Å². The molecule has 3 nitrogen and oxygen atoms in total. The predicted molar refractivity (Wildman–Crippen MR) is 90.4 cm³/mol. The molecule has 0 spiro atoms. The van der Waals surface area contributed by atoms with E-state index in [0.717, 1.165) is 48.2 Å². The highest BCUT2D eigenvalue weighted by atomic mass is 32.1. The summed E-state index contributed by atoms with van der Waals surface area (Å²) in [4.78, 5) is 7.48. The maximum Gasteiger partial charge on any atom is 0.139 e. The molecule has 4 heteroatoms. The Labute approximate surface area is 125 Å². The van der Waals surface area contributed by atoms with Gasteiger partial charge in [-0.2, -0.15) is 0 Å². The molecule has 0 radical (unpaired) electrons. The summed E-state index contributed by atoms with van der Waals surface area (Å²) >= 11 is 5.21. The molecule has 106 valence electrons. The standard InChI is InChI=1S/C16H21N3S/c1-3-9-19(10-4-2)16-13(15(17)20)11-12-7-5-6-8-14(12)18-16/h5-8,11H,3-4,9-10H2,1-2H3,(H2,17,20). The Bertz CT molecular complexity index is 604. The van der Waals surface area contributed by atoms with E-state index >= 15 is 0 Å². The van der Waals surface area contributed by atoms with Crippen LogP contribution in [-0.2, 0) is 0 Å². The van der Waals surface area contributed by atoms with Crippen LogP contribution in [0.15, 0.2) is 30.3 Å². The number of benzene rings is 1. The molecule has 2 rings (SSSR count). The Hall–Kier alpha value is -1.68. The first kappa shape index (κ1) is 14.7. The molecule has 0 aliphatic rings. The maximum atomic E-state index is 5.90. The van der Waals surface area contributed by atoms with Crippen LogP contribution in [0.3, 0.4) is 0 Å². The van der Waals surface area contributed by atoms with Crippen LogP contribution in [0.4, 0.5) is 5.82 Å². The highest BCUT2D eigenvalue weighted by Gasteiger charge is 2.15. The predicted octanol–water partition coefficient (Wildman–Crippen LogP) is 3.50. The molecule has 20 heavy (non-hydrogen) atoms. The van der Waals surface area contributed by atoms with Crippen LogP contribution in [0.1, 0.15) is 32.3 Å². The number of para-hydroxylation sites is 1. The normalized spacial score (nSPS) is 10.7. The minimum absolute atomic E-state index is 0.412. The van der Waals surface area contributed by atoms with Gasteiger partial charge in [-0.25, -0.2) is 4.98 Å². The molecule has 0 aliphatic heterocycles. The Morgan fingerprint density at radius 1 is 1.20 bits per heavy atom. The minimum atomic E-state index is 0.412. The molecule has 0 aliphatic carbocycles. The molecule has 0 unspecified atom stereocenters. The second kappa shape index (κ2) is 6.66. The van der Waals surface area contributed by atoms with Gasteiger partial charge in [0.25, 0.3) is 0 Å². The number of nitrogens with two attached hydrogens (primary N) is 1. The van der Waals surface area contributed by atoms with Crippen molar-refractivity contribution < 1.29 is 0 Å². The van der Waals surface area contributed by atoms with Gasteiger partial charge in [-0.15, -0.1) is 0 Å². The number of fused-ring (bicyclic) bond motifs is 1. The maximum absolute atomic E-state index is 5.90. The fraction of sp³-hybridized carbons (Fsp3) is 0.375. The van der Waals surface area contributed by atoms with E-state index in [2.05, 4.69) is 24.8 Å². The van der Waals surface area contributed by atoms with E-state index in [-0.39, 0.29) is 0 Å². The summed E-state index contributed by atoms with van der Waals surface area (Å²) in [6.07, 6.45) is 2.15. The van der Waals surface area contributed by atoms with Crippen molar-refractivity contribution >= 4 is 33.9 Å². The lowest BCUT2D eigenvalue weighted by Gasteiger charge is -2.25. The van der Waals surface area contributed by atoms with E-state index < -0.39 is 0 Å². The fourth-order valence-electron chi connectivity index (χ4n) is 2.39. The summed E-state index contributed by atoms with van der Waals surface area (Å²) < 4.78 is 0. The van der Waals surface area contributed by atoms with Crippen LogP contribution in [-0.4, -0.2) is 23.1 Å². The smallest absolute Gasteiger partial charge is 0.139 e. The number of anilines is 1. The van der Waals surface area contributed by atoms with E-state index in [1.807, 2.05) is 24.3 Å². The number of nitrogens with zero attached hydrogens (tertiary/aromatic N) is 2. The number of hydrogen-bond acceptors (Lipinski definition) is 3. The van der Waals surface area contributed by atoms with Crippen molar-refractivity contribution in [2.24, 2.45) is 5.73 Å². The first-order chi connectivity index (χ1) is 9.67. The van der Waals surface area contributed by atoms with Gasteiger partial charge >= 0.3 is 0 Å². The van der Waals surface area contributed by atoms with Crippen LogP contribution < -0.4 is 10.6 Å². The second-order valence-electron chi connectivity index (χ2n) is 4.90. The molecule has 0 fully saturated rings. The van der Waals surface area contributed by atoms with Crippen LogP contribution in [0.2, 0.25) is 0 Å². The highest BCUT2D eigenvalue weighted by Crippen LogP contribution is 2.24. The van der Waals surface area contributed by atoms with Crippen molar-refractivity contribution in [3.63, 3.8) is 0 Å². The molecule has 2 aromatic rings. The van der Waals surface area contributed by atoms with E-state index in [1.54, 1.807) is 0 Å². The van der Waals surface area contributed by atoms with Gasteiger partial charge in [0.2, 0.25) is 0 Å². The summed E-state index contributed by atoms with van der Waals surface area (Å²) in [5, 5.41) is 1.08. The molecule has 0 bridgehead atoms. The van der Waals surface area contributed by atoms with Gasteiger partial charge < -0.3 is 10.6 Å². The van der Waals surface area contributed by atoms with Crippen LogP contribution >= 0.6 is 12.2 Å². The first-order valence-electron chi connectivity index (χ1n) is 7.11. The van der Waals surface area contributed by atoms with Crippen molar-refractivity contribution in [3.05, 3.63) is 35.9 Å². The zero-order chi connectivity index (χ0) is 14.5. The number of hydrogen-bond donors (Lipinski definition) is 1. The largest absolute Gasteiger partial charge is 0.389 e. The number of aromatic nitrogens is 1. The summed E-state index contributed by atoms with van der Waals surface area (Å²) in [5.74, 6) is 0.917. The third-order valence-corrected chi connectivity index (χ3v) is 3.48. The molecule has 2 N–H and O–H groups in total. The van der Waals surface area contributed by atoms with Gasteiger partial charge in [0, 0.05) is 18.5 Å². The van der Waals surface area contributed by atoms with Crippen molar-refractivity contribution in [1.82, 2.24) is 4.98 Å². The van der Waals surface area contributed by atoms with Gasteiger partial charge in [0.05, 0.1) is 11.1 Å². The average molecular weight is 287 g/mol. The van der Waals surface area contributed by atoms with Crippen LogP contribution in [0.5, 0.6) is 0 Å². The van der Waals surface area contributed by atoms with Gasteiger partial charge in [0.1, 0.15) is 10.8 Å². The van der Waals surface area contributed by atoms with Crippen molar-refractivity contribution in [2.75, 3.05) is 18.0 Å².